The van der Waals surface area contributed by atoms with Crippen molar-refractivity contribution in [2.75, 3.05) is 13.1 Å². The molecule has 0 aromatic heterocycles. The van der Waals surface area contributed by atoms with E-state index in [1.165, 1.54) is 6.07 Å². The third-order valence-electron chi connectivity index (χ3n) is 3.49. The average molecular weight is 286 g/mol. The lowest BCUT2D eigenvalue weighted by atomic mass is 9.94. The van der Waals surface area contributed by atoms with E-state index in [1.54, 1.807) is 12.1 Å². The van der Waals surface area contributed by atoms with E-state index in [4.69, 9.17) is 16.7 Å². The Hall–Kier alpha value is -1.13. The van der Waals surface area contributed by atoms with Gasteiger partial charge in [-0.05, 0) is 31.4 Å². The number of nitrogens with zero attached hydrogens (tertiary/aromatic N) is 1. The van der Waals surface area contributed by atoms with E-state index in [1.807, 2.05) is 0 Å². The van der Waals surface area contributed by atoms with Crippen molar-refractivity contribution in [3.63, 3.8) is 0 Å². The monoisotopic (exact) mass is 285 g/mol. The SMILES string of the molecule is O=C(O)CC1CCCN(Cc2cccc(Cl)c2F)C1. The molecule has 1 aromatic carbocycles. The zero-order valence-corrected chi connectivity index (χ0v) is 11.4. The number of rotatable bonds is 4. The Kier molecular flexibility index (Phi) is 4.77. The predicted molar refractivity (Wildman–Crippen MR) is 71.7 cm³/mol. The van der Waals surface area contributed by atoms with Crippen molar-refractivity contribution in [3.05, 3.63) is 34.6 Å². The van der Waals surface area contributed by atoms with Crippen LogP contribution in [0, 0.1) is 11.7 Å². The van der Waals surface area contributed by atoms with Crippen LogP contribution in [-0.4, -0.2) is 29.1 Å². The summed E-state index contributed by atoms with van der Waals surface area (Å²) < 4.78 is 13.8. The summed E-state index contributed by atoms with van der Waals surface area (Å²) in [6.07, 6.45) is 2.08. The topological polar surface area (TPSA) is 40.5 Å². The van der Waals surface area contributed by atoms with Gasteiger partial charge in [0.05, 0.1) is 5.02 Å². The fraction of sp³-hybridized carbons (Fsp3) is 0.500. The smallest absolute Gasteiger partial charge is 0.303 e. The molecule has 1 saturated heterocycles. The van der Waals surface area contributed by atoms with E-state index in [9.17, 15) is 9.18 Å². The Balaban J connectivity index is 1.98. The summed E-state index contributed by atoms with van der Waals surface area (Å²) in [6.45, 7) is 2.07. The molecular weight excluding hydrogens is 269 g/mol. The number of carbonyl (C=O) groups is 1. The zero-order chi connectivity index (χ0) is 13.8. The first-order valence-corrected chi connectivity index (χ1v) is 6.81. The summed E-state index contributed by atoms with van der Waals surface area (Å²) in [5.74, 6) is -0.973. The van der Waals surface area contributed by atoms with Gasteiger partial charge >= 0.3 is 5.97 Å². The number of carboxylic acids is 1. The fourth-order valence-electron chi connectivity index (χ4n) is 2.62. The number of carboxylic acid groups (broad SMARTS) is 1. The Morgan fingerprint density at radius 3 is 3.05 bits per heavy atom. The largest absolute Gasteiger partial charge is 0.481 e. The molecule has 0 saturated carbocycles. The third-order valence-corrected chi connectivity index (χ3v) is 3.78. The van der Waals surface area contributed by atoms with Crippen LogP contribution >= 0.6 is 11.6 Å². The molecule has 1 fully saturated rings. The first-order valence-electron chi connectivity index (χ1n) is 6.43. The van der Waals surface area contributed by atoms with Gasteiger partial charge in [-0.3, -0.25) is 9.69 Å². The Labute approximate surface area is 117 Å². The molecular formula is C14H17ClFNO2. The minimum Gasteiger partial charge on any atom is -0.481 e. The highest BCUT2D eigenvalue weighted by Gasteiger charge is 2.22. The van der Waals surface area contributed by atoms with Crippen LogP contribution in [0.5, 0.6) is 0 Å². The van der Waals surface area contributed by atoms with Gasteiger partial charge in [-0.1, -0.05) is 23.7 Å². The Morgan fingerprint density at radius 1 is 1.53 bits per heavy atom. The van der Waals surface area contributed by atoms with E-state index in [-0.39, 0.29) is 23.2 Å². The van der Waals surface area contributed by atoms with E-state index in [0.29, 0.717) is 18.7 Å². The number of aliphatic carboxylic acids is 1. The van der Waals surface area contributed by atoms with Crippen molar-refractivity contribution in [3.8, 4) is 0 Å². The number of hydrogen-bond donors (Lipinski definition) is 1. The lowest BCUT2D eigenvalue weighted by Gasteiger charge is -2.32. The maximum Gasteiger partial charge on any atom is 0.303 e. The molecule has 0 radical (unpaired) electrons. The molecule has 1 heterocycles. The normalized spacial score (nSPS) is 20.4. The molecule has 0 bridgehead atoms. The summed E-state index contributed by atoms with van der Waals surface area (Å²) in [5, 5.41) is 8.96. The van der Waals surface area contributed by atoms with Crippen molar-refractivity contribution >= 4 is 17.6 Å². The van der Waals surface area contributed by atoms with Crippen LogP contribution in [0.2, 0.25) is 5.02 Å². The highest BCUT2D eigenvalue weighted by atomic mass is 35.5. The van der Waals surface area contributed by atoms with Gasteiger partial charge < -0.3 is 5.11 Å². The summed E-state index contributed by atoms with van der Waals surface area (Å²) >= 11 is 5.76. The van der Waals surface area contributed by atoms with Crippen LogP contribution in [0.1, 0.15) is 24.8 Å². The lowest BCUT2D eigenvalue weighted by Crippen LogP contribution is -2.36. The van der Waals surface area contributed by atoms with Gasteiger partial charge in [0, 0.05) is 25.1 Å². The van der Waals surface area contributed by atoms with Gasteiger partial charge in [0.25, 0.3) is 0 Å². The van der Waals surface area contributed by atoms with E-state index >= 15 is 0 Å². The molecule has 19 heavy (non-hydrogen) atoms. The molecule has 1 aliphatic rings. The lowest BCUT2D eigenvalue weighted by molar-refractivity contribution is -0.138. The second kappa shape index (κ2) is 6.35. The predicted octanol–water partition coefficient (Wildman–Crippen LogP) is 3.17. The number of piperidine rings is 1. The maximum atomic E-state index is 13.8. The van der Waals surface area contributed by atoms with Crippen molar-refractivity contribution < 1.29 is 14.3 Å². The van der Waals surface area contributed by atoms with Crippen LogP contribution in [0.3, 0.4) is 0 Å². The van der Waals surface area contributed by atoms with Gasteiger partial charge in [-0.15, -0.1) is 0 Å². The summed E-state index contributed by atoms with van der Waals surface area (Å²) in [6, 6.07) is 4.99. The third kappa shape index (κ3) is 3.91. The Morgan fingerprint density at radius 2 is 2.32 bits per heavy atom. The zero-order valence-electron chi connectivity index (χ0n) is 10.6. The molecule has 1 N–H and O–H groups in total. The van der Waals surface area contributed by atoms with Gasteiger partial charge in [-0.2, -0.15) is 0 Å². The molecule has 104 valence electrons. The molecule has 0 aliphatic carbocycles. The molecule has 1 aromatic rings. The molecule has 0 amide bonds. The molecule has 0 spiro atoms. The second-order valence-corrected chi connectivity index (χ2v) is 5.46. The fourth-order valence-corrected chi connectivity index (χ4v) is 2.81. The number of hydrogen-bond acceptors (Lipinski definition) is 2. The minimum atomic E-state index is -0.763. The Bertz CT molecular complexity index is 467. The number of halogens is 2. The van der Waals surface area contributed by atoms with Crippen LogP contribution in [0.4, 0.5) is 4.39 Å². The molecule has 3 nitrogen and oxygen atoms in total. The van der Waals surface area contributed by atoms with Crippen molar-refractivity contribution in [2.24, 2.45) is 5.92 Å². The van der Waals surface area contributed by atoms with Gasteiger partial charge in [0.2, 0.25) is 0 Å². The second-order valence-electron chi connectivity index (χ2n) is 5.05. The van der Waals surface area contributed by atoms with E-state index in [2.05, 4.69) is 4.90 Å². The summed E-state index contributed by atoms with van der Waals surface area (Å²) in [7, 11) is 0. The highest BCUT2D eigenvalue weighted by Crippen LogP contribution is 2.24. The first kappa shape index (κ1) is 14.3. The van der Waals surface area contributed by atoms with Gasteiger partial charge in [0.15, 0.2) is 0 Å². The van der Waals surface area contributed by atoms with Gasteiger partial charge in [0.1, 0.15) is 5.82 Å². The van der Waals surface area contributed by atoms with Crippen LogP contribution in [-0.2, 0) is 11.3 Å². The molecule has 5 heteroatoms. The van der Waals surface area contributed by atoms with E-state index < -0.39 is 5.97 Å². The van der Waals surface area contributed by atoms with Crippen molar-refractivity contribution in [1.82, 2.24) is 4.90 Å². The standard InChI is InChI=1S/C14H17ClFNO2/c15-12-5-1-4-11(14(12)16)9-17-6-2-3-10(8-17)7-13(18)19/h1,4-5,10H,2-3,6-9H2,(H,18,19). The van der Waals surface area contributed by atoms with Gasteiger partial charge in [-0.25, -0.2) is 4.39 Å². The molecule has 1 atom stereocenters. The highest BCUT2D eigenvalue weighted by molar-refractivity contribution is 6.30. The number of benzene rings is 1. The van der Waals surface area contributed by atoms with E-state index in [0.717, 1.165) is 19.4 Å². The molecule has 1 unspecified atom stereocenters. The molecule has 2 rings (SSSR count). The number of likely N-dealkylation sites (tertiary alicyclic amines) is 1. The van der Waals surface area contributed by atoms with Crippen LogP contribution in [0.15, 0.2) is 18.2 Å². The maximum absolute atomic E-state index is 13.8. The van der Waals surface area contributed by atoms with Crippen LogP contribution in [0.25, 0.3) is 0 Å². The minimum absolute atomic E-state index is 0.136. The van der Waals surface area contributed by atoms with Crippen molar-refractivity contribution in [2.45, 2.75) is 25.8 Å². The quantitative estimate of drug-likeness (QED) is 0.924. The average Bonchev–Trinajstić information content (AvgIpc) is 2.35. The van der Waals surface area contributed by atoms with Crippen LogP contribution < -0.4 is 0 Å². The summed E-state index contributed by atoms with van der Waals surface area (Å²) in [5.41, 5.74) is 0.573. The summed E-state index contributed by atoms with van der Waals surface area (Å²) in [4.78, 5) is 12.8. The van der Waals surface area contributed by atoms with Crippen molar-refractivity contribution in [1.29, 1.82) is 0 Å². The molecule has 1 aliphatic heterocycles. The first-order chi connectivity index (χ1) is 9.06.